The van der Waals surface area contributed by atoms with E-state index in [1.807, 2.05) is 38.1 Å². The van der Waals surface area contributed by atoms with E-state index < -0.39 is 0 Å². The summed E-state index contributed by atoms with van der Waals surface area (Å²) in [4.78, 5) is 12.2. The van der Waals surface area contributed by atoms with Crippen LogP contribution in [0.1, 0.15) is 45.1 Å². The SMILES string of the molecule is CC(C)OCCOCc1cccc(NC(=O)C[C@@H]2CCC[C@H]2N)c1.Cl. The molecular formula is C19H31ClN2O3. The van der Waals surface area contributed by atoms with Gasteiger partial charge in [-0.05, 0) is 50.3 Å². The fraction of sp³-hybridized carbons (Fsp3) is 0.632. The van der Waals surface area contributed by atoms with Crippen molar-refractivity contribution in [2.75, 3.05) is 18.5 Å². The van der Waals surface area contributed by atoms with Crippen LogP contribution in [0.2, 0.25) is 0 Å². The summed E-state index contributed by atoms with van der Waals surface area (Å²) in [6.07, 6.45) is 3.95. The first-order valence-electron chi connectivity index (χ1n) is 8.88. The van der Waals surface area contributed by atoms with Gasteiger partial charge in [-0.1, -0.05) is 18.6 Å². The van der Waals surface area contributed by atoms with Gasteiger partial charge in [0.2, 0.25) is 5.91 Å². The molecule has 0 aliphatic heterocycles. The molecule has 0 heterocycles. The number of nitrogens with two attached hydrogens (primary N) is 1. The van der Waals surface area contributed by atoms with Crippen LogP contribution in [0.15, 0.2) is 24.3 Å². The van der Waals surface area contributed by atoms with Gasteiger partial charge in [0.05, 0.1) is 25.9 Å². The molecule has 1 aliphatic rings. The lowest BCUT2D eigenvalue weighted by Crippen LogP contribution is -2.28. The van der Waals surface area contributed by atoms with Crippen molar-refractivity contribution in [3.05, 3.63) is 29.8 Å². The molecule has 25 heavy (non-hydrogen) atoms. The number of hydrogen-bond donors (Lipinski definition) is 2. The molecular weight excluding hydrogens is 340 g/mol. The Hall–Kier alpha value is -1.14. The van der Waals surface area contributed by atoms with Crippen LogP contribution in [-0.2, 0) is 20.9 Å². The summed E-state index contributed by atoms with van der Waals surface area (Å²) in [5.74, 6) is 0.359. The molecule has 3 N–H and O–H groups in total. The van der Waals surface area contributed by atoms with E-state index >= 15 is 0 Å². The van der Waals surface area contributed by atoms with Crippen molar-refractivity contribution in [2.45, 2.75) is 58.3 Å². The van der Waals surface area contributed by atoms with Gasteiger partial charge in [-0.2, -0.15) is 0 Å². The highest BCUT2D eigenvalue weighted by atomic mass is 35.5. The van der Waals surface area contributed by atoms with Gasteiger partial charge in [0, 0.05) is 18.2 Å². The van der Waals surface area contributed by atoms with Gasteiger partial charge >= 0.3 is 0 Å². The number of halogens is 1. The zero-order valence-corrected chi connectivity index (χ0v) is 16.0. The Morgan fingerprint density at radius 1 is 1.32 bits per heavy atom. The monoisotopic (exact) mass is 370 g/mol. The molecule has 142 valence electrons. The number of rotatable bonds is 9. The molecule has 0 saturated heterocycles. The van der Waals surface area contributed by atoms with Crippen LogP contribution in [-0.4, -0.2) is 31.3 Å². The van der Waals surface area contributed by atoms with E-state index in [1.165, 1.54) is 0 Å². The van der Waals surface area contributed by atoms with Gasteiger partial charge < -0.3 is 20.5 Å². The highest BCUT2D eigenvalue weighted by Crippen LogP contribution is 2.27. The minimum Gasteiger partial charge on any atom is -0.376 e. The summed E-state index contributed by atoms with van der Waals surface area (Å²) >= 11 is 0. The fourth-order valence-electron chi connectivity index (χ4n) is 3.04. The van der Waals surface area contributed by atoms with E-state index in [0.717, 1.165) is 30.5 Å². The zero-order chi connectivity index (χ0) is 17.4. The Kier molecular flexibility index (Phi) is 10.0. The van der Waals surface area contributed by atoms with Crippen molar-refractivity contribution in [3.63, 3.8) is 0 Å². The van der Waals surface area contributed by atoms with Crippen LogP contribution in [0.3, 0.4) is 0 Å². The fourth-order valence-corrected chi connectivity index (χ4v) is 3.04. The summed E-state index contributed by atoms with van der Waals surface area (Å²) in [6.45, 7) is 5.68. The first-order chi connectivity index (χ1) is 11.5. The maximum Gasteiger partial charge on any atom is 0.224 e. The van der Waals surface area contributed by atoms with Crippen molar-refractivity contribution in [1.82, 2.24) is 0 Å². The summed E-state index contributed by atoms with van der Waals surface area (Å²) in [5, 5.41) is 2.97. The maximum absolute atomic E-state index is 12.2. The average Bonchev–Trinajstić information content (AvgIpc) is 2.92. The summed E-state index contributed by atoms with van der Waals surface area (Å²) in [7, 11) is 0. The second-order valence-corrected chi connectivity index (χ2v) is 6.78. The molecule has 2 atom stereocenters. The standard InChI is InChI=1S/C19H30N2O3.ClH/c1-14(2)24-10-9-23-13-15-5-3-7-17(11-15)21-19(22)12-16-6-4-8-18(16)20;/h3,5,7,11,14,16,18H,4,6,8-10,12-13,20H2,1-2H3,(H,21,22);1H/t16-,18+;/m0./s1. The van der Waals surface area contributed by atoms with E-state index in [-0.39, 0.29) is 30.5 Å². The Labute approximate surface area is 157 Å². The third-order valence-electron chi connectivity index (χ3n) is 4.32. The quantitative estimate of drug-likeness (QED) is 0.652. The Morgan fingerprint density at radius 2 is 2.12 bits per heavy atom. The van der Waals surface area contributed by atoms with Crippen molar-refractivity contribution in [2.24, 2.45) is 11.7 Å². The van der Waals surface area contributed by atoms with Crippen molar-refractivity contribution in [3.8, 4) is 0 Å². The summed E-state index contributed by atoms with van der Waals surface area (Å²) in [6, 6.07) is 7.95. The molecule has 1 amide bonds. The van der Waals surface area contributed by atoms with Gasteiger partial charge in [-0.15, -0.1) is 12.4 Å². The zero-order valence-electron chi connectivity index (χ0n) is 15.2. The minimum atomic E-state index is 0. The molecule has 0 aromatic heterocycles. The van der Waals surface area contributed by atoms with E-state index in [2.05, 4.69) is 5.32 Å². The van der Waals surface area contributed by atoms with Crippen LogP contribution < -0.4 is 11.1 Å². The lowest BCUT2D eigenvalue weighted by molar-refractivity contribution is -0.117. The number of hydrogen-bond acceptors (Lipinski definition) is 4. The lowest BCUT2D eigenvalue weighted by Gasteiger charge is -2.15. The Bertz CT molecular complexity index is 525. The molecule has 0 unspecified atom stereocenters. The molecule has 0 spiro atoms. The second-order valence-electron chi connectivity index (χ2n) is 6.78. The highest BCUT2D eigenvalue weighted by Gasteiger charge is 2.25. The number of carbonyl (C=O) groups excluding carboxylic acids is 1. The molecule has 1 fully saturated rings. The molecule has 6 heteroatoms. The van der Waals surface area contributed by atoms with Crippen molar-refractivity contribution in [1.29, 1.82) is 0 Å². The van der Waals surface area contributed by atoms with Crippen LogP contribution in [0.4, 0.5) is 5.69 Å². The predicted molar refractivity (Wildman–Crippen MR) is 103 cm³/mol. The first kappa shape index (κ1) is 21.9. The second kappa shape index (κ2) is 11.5. The van der Waals surface area contributed by atoms with E-state index in [9.17, 15) is 4.79 Å². The van der Waals surface area contributed by atoms with Crippen LogP contribution >= 0.6 is 12.4 Å². The van der Waals surface area contributed by atoms with Crippen molar-refractivity contribution >= 4 is 24.0 Å². The smallest absolute Gasteiger partial charge is 0.224 e. The topological polar surface area (TPSA) is 73.6 Å². The number of benzene rings is 1. The highest BCUT2D eigenvalue weighted by molar-refractivity contribution is 5.91. The number of anilines is 1. The van der Waals surface area contributed by atoms with Gasteiger partial charge in [0.15, 0.2) is 0 Å². The van der Waals surface area contributed by atoms with Crippen LogP contribution in [0.25, 0.3) is 0 Å². The Morgan fingerprint density at radius 3 is 2.80 bits per heavy atom. The lowest BCUT2D eigenvalue weighted by atomic mass is 10.00. The minimum absolute atomic E-state index is 0. The molecule has 1 saturated carbocycles. The van der Waals surface area contributed by atoms with Crippen LogP contribution in [0, 0.1) is 5.92 Å². The first-order valence-corrected chi connectivity index (χ1v) is 8.88. The largest absolute Gasteiger partial charge is 0.376 e. The van der Waals surface area contributed by atoms with Crippen LogP contribution in [0.5, 0.6) is 0 Å². The molecule has 5 nitrogen and oxygen atoms in total. The third-order valence-corrected chi connectivity index (χ3v) is 4.32. The summed E-state index contributed by atoms with van der Waals surface area (Å²) < 4.78 is 11.0. The molecule has 2 rings (SSSR count). The van der Waals surface area contributed by atoms with E-state index in [4.69, 9.17) is 15.2 Å². The van der Waals surface area contributed by atoms with Gasteiger partial charge in [-0.25, -0.2) is 0 Å². The van der Waals surface area contributed by atoms with Gasteiger partial charge in [-0.3, -0.25) is 4.79 Å². The summed E-state index contributed by atoms with van der Waals surface area (Å²) in [5.41, 5.74) is 7.88. The number of ether oxygens (including phenoxy) is 2. The molecule has 0 radical (unpaired) electrons. The Balaban J connectivity index is 0.00000312. The number of carbonyl (C=O) groups is 1. The van der Waals surface area contributed by atoms with Crippen molar-refractivity contribution < 1.29 is 14.3 Å². The number of nitrogens with one attached hydrogen (secondary N) is 1. The number of amides is 1. The molecule has 0 bridgehead atoms. The van der Waals surface area contributed by atoms with E-state index in [0.29, 0.717) is 32.2 Å². The molecule has 1 aromatic carbocycles. The molecule has 1 aromatic rings. The third kappa shape index (κ3) is 8.19. The normalized spacial score (nSPS) is 19.7. The molecule has 1 aliphatic carbocycles. The van der Waals surface area contributed by atoms with Gasteiger partial charge in [0.25, 0.3) is 0 Å². The average molecular weight is 371 g/mol. The van der Waals surface area contributed by atoms with E-state index in [1.54, 1.807) is 0 Å². The predicted octanol–water partition coefficient (Wildman–Crippen LogP) is 3.51. The van der Waals surface area contributed by atoms with Gasteiger partial charge in [0.1, 0.15) is 0 Å². The maximum atomic E-state index is 12.2.